The Kier molecular flexibility index (Phi) is 7.31. The minimum Gasteiger partial charge on any atom is -0.491 e. The maximum absolute atomic E-state index is 5.92. The van der Waals surface area contributed by atoms with Crippen LogP contribution < -0.4 is 15.4 Å². The molecule has 1 aliphatic carbocycles. The van der Waals surface area contributed by atoms with E-state index in [9.17, 15) is 0 Å². The van der Waals surface area contributed by atoms with Crippen molar-refractivity contribution in [3.05, 3.63) is 64.7 Å². The van der Waals surface area contributed by atoms with Crippen molar-refractivity contribution in [2.75, 3.05) is 33.4 Å². The Bertz CT molecular complexity index is 804. The second-order valence-electron chi connectivity index (χ2n) is 7.06. The van der Waals surface area contributed by atoms with Gasteiger partial charge in [-0.3, -0.25) is 4.99 Å². The smallest absolute Gasteiger partial charge is 0.191 e. The molecule has 2 N–H and O–H groups in total. The summed E-state index contributed by atoms with van der Waals surface area (Å²) in [5, 5.41) is 6.85. The molecule has 28 heavy (non-hydrogen) atoms. The van der Waals surface area contributed by atoms with Crippen molar-refractivity contribution in [2.24, 2.45) is 4.99 Å². The number of hydrogen-bond donors (Lipinski definition) is 2. The van der Waals surface area contributed by atoms with Gasteiger partial charge >= 0.3 is 0 Å². The molecule has 150 valence electrons. The van der Waals surface area contributed by atoms with E-state index in [0.717, 1.165) is 30.2 Å². The number of rotatable bonds is 9. The molecule has 1 atom stereocenters. The van der Waals surface area contributed by atoms with Crippen molar-refractivity contribution < 1.29 is 9.47 Å². The second-order valence-corrected chi connectivity index (χ2v) is 7.06. The molecule has 5 heteroatoms. The Hall–Kier alpha value is -2.53. The first-order chi connectivity index (χ1) is 13.7. The number of nitrogens with zero attached hydrogens (tertiary/aromatic N) is 1. The van der Waals surface area contributed by atoms with Gasteiger partial charge in [0.2, 0.25) is 0 Å². The van der Waals surface area contributed by atoms with E-state index < -0.39 is 0 Å². The monoisotopic (exact) mass is 381 g/mol. The van der Waals surface area contributed by atoms with Crippen LogP contribution in [0.5, 0.6) is 5.75 Å². The molecule has 0 aromatic heterocycles. The van der Waals surface area contributed by atoms with Crippen molar-refractivity contribution in [1.82, 2.24) is 10.6 Å². The van der Waals surface area contributed by atoms with Gasteiger partial charge in [-0.1, -0.05) is 36.4 Å². The zero-order chi connectivity index (χ0) is 19.8. The summed E-state index contributed by atoms with van der Waals surface area (Å²) >= 11 is 0. The summed E-state index contributed by atoms with van der Waals surface area (Å²) in [4.78, 5) is 4.36. The molecule has 3 rings (SSSR count). The Morgan fingerprint density at radius 1 is 1.14 bits per heavy atom. The van der Waals surface area contributed by atoms with Gasteiger partial charge in [0.15, 0.2) is 5.96 Å². The summed E-state index contributed by atoms with van der Waals surface area (Å²) in [6, 6.07) is 14.9. The van der Waals surface area contributed by atoms with Crippen LogP contribution in [0, 0.1) is 6.92 Å². The lowest BCUT2D eigenvalue weighted by atomic mass is 9.78. The molecule has 5 nitrogen and oxygen atoms in total. The lowest BCUT2D eigenvalue weighted by molar-refractivity contribution is 0.110. The number of aryl methyl sites for hydroxylation is 1. The number of fused-ring (bicyclic) bond motifs is 1. The molecule has 0 amide bonds. The SMILES string of the molecule is CCOCCOc1cc(C)ccc1CNC(=NC)NCC1Cc2ccccc21. The fourth-order valence-electron chi connectivity index (χ4n) is 3.46. The van der Waals surface area contributed by atoms with E-state index in [1.54, 1.807) is 7.05 Å². The first kappa shape index (κ1) is 20.2. The molecule has 1 aliphatic rings. The van der Waals surface area contributed by atoms with Crippen molar-refractivity contribution in [3.8, 4) is 5.75 Å². The molecule has 0 heterocycles. The van der Waals surface area contributed by atoms with Gasteiger partial charge in [-0.2, -0.15) is 0 Å². The molecule has 0 radical (unpaired) electrons. The highest BCUT2D eigenvalue weighted by molar-refractivity contribution is 5.79. The number of ether oxygens (including phenoxy) is 2. The third-order valence-electron chi connectivity index (χ3n) is 5.06. The maximum atomic E-state index is 5.92. The predicted molar refractivity (Wildman–Crippen MR) is 114 cm³/mol. The molecular weight excluding hydrogens is 350 g/mol. The fourth-order valence-corrected chi connectivity index (χ4v) is 3.46. The van der Waals surface area contributed by atoms with Crippen molar-refractivity contribution in [3.63, 3.8) is 0 Å². The van der Waals surface area contributed by atoms with Crippen LogP contribution in [0.3, 0.4) is 0 Å². The summed E-state index contributed by atoms with van der Waals surface area (Å²) in [5.74, 6) is 2.27. The average Bonchev–Trinajstić information content (AvgIpc) is 2.69. The van der Waals surface area contributed by atoms with Gasteiger partial charge in [0.25, 0.3) is 0 Å². The van der Waals surface area contributed by atoms with E-state index in [4.69, 9.17) is 9.47 Å². The maximum Gasteiger partial charge on any atom is 0.191 e. The van der Waals surface area contributed by atoms with Crippen LogP contribution in [-0.4, -0.2) is 39.4 Å². The van der Waals surface area contributed by atoms with Crippen molar-refractivity contribution >= 4 is 5.96 Å². The highest BCUT2D eigenvalue weighted by Crippen LogP contribution is 2.33. The normalized spacial score (nSPS) is 15.5. The topological polar surface area (TPSA) is 54.9 Å². The first-order valence-corrected chi connectivity index (χ1v) is 10.0. The molecule has 0 spiro atoms. The van der Waals surface area contributed by atoms with E-state index in [2.05, 4.69) is 65.0 Å². The summed E-state index contributed by atoms with van der Waals surface area (Å²) in [6.45, 7) is 7.47. The second kappa shape index (κ2) is 10.1. The zero-order valence-corrected chi connectivity index (χ0v) is 17.1. The molecule has 0 bridgehead atoms. The van der Waals surface area contributed by atoms with E-state index in [1.807, 2.05) is 6.92 Å². The predicted octanol–water partition coefficient (Wildman–Crippen LogP) is 3.42. The minimum absolute atomic E-state index is 0.554. The number of guanidine groups is 1. The van der Waals surface area contributed by atoms with E-state index in [-0.39, 0.29) is 0 Å². The van der Waals surface area contributed by atoms with Gasteiger partial charge in [-0.25, -0.2) is 0 Å². The van der Waals surface area contributed by atoms with Gasteiger partial charge in [0, 0.05) is 38.2 Å². The Morgan fingerprint density at radius 3 is 2.79 bits per heavy atom. The van der Waals surface area contributed by atoms with Gasteiger partial charge in [-0.15, -0.1) is 0 Å². The highest BCUT2D eigenvalue weighted by atomic mass is 16.5. The van der Waals surface area contributed by atoms with Crippen molar-refractivity contribution in [1.29, 1.82) is 0 Å². The quantitative estimate of drug-likeness (QED) is 0.397. The lowest BCUT2D eigenvalue weighted by Gasteiger charge is -2.30. The van der Waals surface area contributed by atoms with Crippen LogP contribution in [0.25, 0.3) is 0 Å². The average molecular weight is 382 g/mol. The van der Waals surface area contributed by atoms with Crippen LogP contribution in [0.1, 0.15) is 35.1 Å². The van der Waals surface area contributed by atoms with Crippen LogP contribution in [0.2, 0.25) is 0 Å². The zero-order valence-electron chi connectivity index (χ0n) is 17.1. The molecule has 2 aromatic rings. The highest BCUT2D eigenvalue weighted by Gasteiger charge is 2.25. The molecule has 2 aromatic carbocycles. The van der Waals surface area contributed by atoms with Crippen LogP contribution in [0.4, 0.5) is 0 Å². The summed E-state index contributed by atoms with van der Waals surface area (Å²) in [6.07, 6.45) is 1.13. The van der Waals surface area contributed by atoms with Crippen LogP contribution >= 0.6 is 0 Å². The molecule has 0 saturated heterocycles. The number of nitrogens with one attached hydrogen (secondary N) is 2. The molecular formula is C23H31N3O2. The Balaban J connectivity index is 1.51. The first-order valence-electron chi connectivity index (χ1n) is 10.0. The number of aliphatic imine (C=N–C) groups is 1. The third kappa shape index (κ3) is 5.26. The molecule has 0 saturated carbocycles. The summed E-state index contributed by atoms with van der Waals surface area (Å²) in [5.41, 5.74) is 5.21. The van der Waals surface area contributed by atoms with E-state index in [0.29, 0.717) is 32.3 Å². The van der Waals surface area contributed by atoms with Gasteiger partial charge in [0.1, 0.15) is 12.4 Å². The molecule has 1 unspecified atom stereocenters. The summed E-state index contributed by atoms with van der Waals surface area (Å²) in [7, 11) is 1.80. The third-order valence-corrected chi connectivity index (χ3v) is 5.06. The Morgan fingerprint density at radius 2 is 2.00 bits per heavy atom. The number of hydrogen-bond acceptors (Lipinski definition) is 3. The fraction of sp³-hybridized carbons (Fsp3) is 0.435. The number of benzene rings is 2. The molecule has 0 fully saturated rings. The Labute approximate surface area is 168 Å². The van der Waals surface area contributed by atoms with Gasteiger partial charge in [0.05, 0.1) is 6.61 Å². The van der Waals surface area contributed by atoms with E-state index >= 15 is 0 Å². The summed E-state index contributed by atoms with van der Waals surface area (Å²) < 4.78 is 11.3. The largest absolute Gasteiger partial charge is 0.491 e. The lowest BCUT2D eigenvalue weighted by Crippen LogP contribution is -2.40. The van der Waals surface area contributed by atoms with Crippen molar-refractivity contribution in [2.45, 2.75) is 32.7 Å². The van der Waals surface area contributed by atoms with Gasteiger partial charge < -0.3 is 20.1 Å². The standard InChI is InChI=1S/C23H31N3O2/c1-4-27-11-12-28-22-13-17(2)9-10-19(22)15-25-23(24-3)26-16-20-14-18-7-5-6-8-21(18)20/h5-10,13,20H,4,11-12,14-16H2,1-3H3,(H2,24,25,26). The van der Waals surface area contributed by atoms with E-state index in [1.165, 1.54) is 16.7 Å². The van der Waals surface area contributed by atoms with Crippen LogP contribution in [-0.2, 0) is 17.7 Å². The molecule has 0 aliphatic heterocycles. The van der Waals surface area contributed by atoms with Gasteiger partial charge in [-0.05, 0) is 43.0 Å². The van der Waals surface area contributed by atoms with Crippen LogP contribution in [0.15, 0.2) is 47.5 Å². The minimum atomic E-state index is 0.554.